The number of rotatable bonds is 2. The molecular weight excluding hydrogens is 320 g/mol. The topological polar surface area (TPSA) is 80.6 Å². The second-order valence-corrected chi connectivity index (χ2v) is 6.07. The lowest BCUT2D eigenvalue weighted by molar-refractivity contribution is -0.122. The van der Waals surface area contributed by atoms with Gasteiger partial charge in [0, 0.05) is 11.1 Å². The van der Waals surface area contributed by atoms with Crippen molar-refractivity contribution in [2.24, 2.45) is 0 Å². The number of hydrogen-bond donors (Lipinski definition) is 2. The molecule has 1 aromatic heterocycles. The van der Waals surface area contributed by atoms with E-state index < -0.39 is 6.10 Å². The lowest BCUT2D eigenvalue weighted by Crippen LogP contribution is -2.34. The summed E-state index contributed by atoms with van der Waals surface area (Å²) in [7, 11) is 0. The van der Waals surface area contributed by atoms with Gasteiger partial charge in [0.2, 0.25) is 0 Å². The SMILES string of the molecule is Cc1ccc2oc(C(=O)Nc3ccc4c(c3)NC(=O)C(C)O4)cc2c1. The van der Waals surface area contributed by atoms with Gasteiger partial charge in [-0.2, -0.15) is 0 Å². The van der Waals surface area contributed by atoms with Crippen molar-refractivity contribution in [1.29, 1.82) is 0 Å². The molecule has 0 spiro atoms. The number of amides is 2. The van der Waals surface area contributed by atoms with Crippen LogP contribution >= 0.6 is 0 Å². The van der Waals surface area contributed by atoms with Crippen LogP contribution in [0.3, 0.4) is 0 Å². The quantitative estimate of drug-likeness (QED) is 0.747. The van der Waals surface area contributed by atoms with Crippen LogP contribution in [0.1, 0.15) is 23.0 Å². The fourth-order valence-corrected chi connectivity index (χ4v) is 2.75. The van der Waals surface area contributed by atoms with Crippen molar-refractivity contribution in [3.63, 3.8) is 0 Å². The van der Waals surface area contributed by atoms with E-state index in [4.69, 9.17) is 9.15 Å². The predicted molar refractivity (Wildman–Crippen MR) is 94.1 cm³/mol. The predicted octanol–water partition coefficient (Wildman–Crippen LogP) is 3.71. The largest absolute Gasteiger partial charge is 0.479 e. The Hall–Kier alpha value is -3.28. The second-order valence-electron chi connectivity index (χ2n) is 6.07. The normalized spacial score (nSPS) is 16.1. The number of furan rings is 1. The molecule has 1 unspecified atom stereocenters. The van der Waals surface area contributed by atoms with Gasteiger partial charge in [0.15, 0.2) is 11.9 Å². The molecule has 126 valence electrons. The molecule has 0 radical (unpaired) electrons. The molecule has 1 aliphatic heterocycles. The average Bonchev–Trinajstić information content (AvgIpc) is 2.99. The molecule has 0 aliphatic carbocycles. The van der Waals surface area contributed by atoms with Crippen molar-refractivity contribution in [2.75, 3.05) is 10.6 Å². The van der Waals surface area contributed by atoms with E-state index in [-0.39, 0.29) is 17.6 Å². The summed E-state index contributed by atoms with van der Waals surface area (Å²) in [6.45, 7) is 3.66. The molecule has 6 nitrogen and oxygen atoms in total. The van der Waals surface area contributed by atoms with Gasteiger partial charge in [0.25, 0.3) is 11.8 Å². The maximum Gasteiger partial charge on any atom is 0.291 e. The van der Waals surface area contributed by atoms with Crippen LogP contribution in [0.2, 0.25) is 0 Å². The van der Waals surface area contributed by atoms with Crippen LogP contribution in [0, 0.1) is 6.92 Å². The van der Waals surface area contributed by atoms with Gasteiger partial charge < -0.3 is 19.8 Å². The first-order chi connectivity index (χ1) is 12.0. The third kappa shape index (κ3) is 2.82. The molecule has 0 saturated heterocycles. The molecular formula is C19H16N2O4. The maximum absolute atomic E-state index is 12.4. The van der Waals surface area contributed by atoms with Crippen molar-refractivity contribution in [2.45, 2.75) is 20.0 Å². The van der Waals surface area contributed by atoms with E-state index in [1.807, 2.05) is 25.1 Å². The second kappa shape index (κ2) is 5.66. The number of benzene rings is 2. The molecule has 6 heteroatoms. The molecule has 2 aromatic carbocycles. The first-order valence-electron chi connectivity index (χ1n) is 7.93. The highest BCUT2D eigenvalue weighted by Crippen LogP contribution is 2.32. The van der Waals surface area contributed by atoms with Crippen molar-refractivity contribution in [3.05, 3.63) is 53.8 Å². The Bertz CT molecular complexity index is 1010. The summed E-state index contributed by atoms with van der Waals surface area (Å²) in [5.41, 5.74) is 2.83. The van der Waals surface area contributed by atoms with Crippen molar-refractivity contribution < 1.29 is 18.7 Å². The zero-order valence-electron chi connectivity index (χ0n) is 13.8. The molecule has 0 fully saturated rings. The van der Waals surface area contributed by atoms with Crippen LogP contribution in [0.25, 0.3) is 11.0 Å². The van der Waals surface area contributed by atoms with Gasteiger partial charge in [-0.15, -0.1) is 0 Å². The number of nitrogens with one attached hydrogen (secondary N) is 2. The van der Waals surface area contributed by atoms with Crippen molar-refractivity contribution >= 4 is 34.2 Å². The highest BCUT2D eigenvalue weighted by molar-refractivity contribution is 6.05. The maximum atomic E-state index is 12.4. The molecule has 25 heavy (non-hydrogen) atoms. The molecule has 1 aliphatic rings. The van der Waals surface area contributed by atoms with Gasteiger partial charge in [-0.1, -0.05) is 11.6 Å². The van der Waals surface area contributed by atoms with Crippen LogP contribution in [0.15, 0.2) is 46.9 Å². The Morgan fingerprint density at radius 1 is 1.16 bits per heavy atom. The van der Waals surface area contributed by atoms with Crippen LogP contribution in [0.4, 0.5) is 11.4 Å². The average molecular weight is 336 g/mol. The smallest absolute Gasteiger partial charge is 0.291 e. The first kappa shape index (κ1) is 15.3. The summed E-state index contributed by atoms with van der Waals surface area (Å²) in [5.74, 6) is 0.227. The van der Waals surface area contributed by atoms with E-state index in [1.165, 1.54) is 0 Å². The number of aryl methyl sites for hydroxylation is 1. The summed E-state index contributed by atoms with van der Waals surface area (Å²) in [6.07, 6.45) is -0.535. The van der Waals surface area contributed by atoms with Crippen LogP contribution < -0.4 is 15.4 Å². The lowest BCUT2D eigenvalue weighted by atomic mass is 10.2. The highest BCUT2D eigenvalue weighted by Gasteiger charge is 2.24. The van der Waals surface area contributed by atoms with Gasteiger partial charge >= 0.3 is 0 Å². The minimum Gasteiger partial charge on any atom is -0.479 e. The molecule has 3 aromatic rings. The number of hydrogen-bond acceptors (Lipinski definition) is 4. The van der Waals surface area contributed by atoms with E-state index in [0.717, 1.165) is 10.9 Å². The number of fused-ring (bicyclic) bond motifs is 2. The van der Waals surface area contributed by atoms with Crippen LogP contribution in [-0.4, -0.2) is 17.9 Å². The zero-order chi connectivity index (χ0) is 17.6. The molecule has 4 rings (SSSR count). The minimum atomic E-state index is -0.535. The highest BCUT2D eigenvalue weighted by atomic mass is 16.5. The fraction of sp³-hybridized carbons (Fsp3) is 0.158. The van der Waals surface area contributed by atoms with Gasteiger partial charge in [0.05, 0.1) is 5.69 Å². The Morgan fingerprint density at radius 3 is 2.84 bits per heavy atom. The van der Waals surface area contributed by atoms with E-state index in [0.29, 0.717) is 22.7 Å². The standard InChI is InChI=1S/C19H16N2O4/c1-10-3-5-15-12(7-10)8-17(25-15)19(23)20-13-4-6-16-14(9-13)21-18(22)11(2)24-16/h3-9,11H,1-2H3,(H,20,23)(H,21,22). The Labute approximate surface area is 143 Å². The van der Waals surface area contributed by atoms with Gasteiger partial charge in [0.1, 0.15) is 11.3 Å². The number of carbonyl (C=O) groups excluding carboxylic acids is 2. The first-order valence-corrected chi connectivity index (χ1v) is 7.93. The lowest BCUT2D eigenvalue weighted by Gasteiger charge is -2.23. The molecule has 0 bridgehead atoms. The Kier molecular flexibility index (Phi) is 3.46. The number of anilines is 2. The monoisotopic (exact) mass is 336 g/mol. The summed E-state index contributed by atoms with van der Waals surface area (Å²) >= 11 is 0. The summed E-state index contributed by atoms with van der Waals surface area (Å²) < 4.78 is 11.1. The van der Waals surface area contributed by atoms with E-state index in [2.05, 4.69) is 10.6 Å². The summed E-state index contributed by atoms with van der Waals surface area (Å²) in [6, 6.07) is 12.5. The molecule has 2 N–H and O–H groups in total. The zero-order valence-corrected chi connectivity index (χ0v) is 13.8. The van der Waals surface area contributed by atoms with Crippen LogP contribution in [0.5, 0.6) is 5.75 Å². The van der Waals surface area contributed by atoms with Crippen LogP contribution in [-0.2, 0) is 4.79 Å². The summed E-state index contributed by atoms with van der Waals surface area (Å²) in [5, 5.41) is 6.40. The molecule has 2 heterocycles. The van der Waals surface area contributed by atoms with Crippen molar-refractivity contribution in [3.8, 4) is 5.75 Å². The molecule has 1 atom stereocenters. The Morgan fingerprint density at radius 2 is 2.00 bits per heavy atom. The third-order valence-corrected chi connectivity index (χ3v) is 4.06. The molecule has 2 amide bonds. The van der Waals surface area contributed by atoms with Gasteiger partial charge in [-0.05, 0) is 50.2 Å². The summed E-state index contributed by atoms with van der Waals surface area (Å²) in [4.78, 5) is 24.1. The van der Waals surface area contributed by atoms with E-state index in [1.54, 1.807) is 31.2 Å². The minimum absolute atomic E-state index is 0.219. The third-order valence-electron chi connectivity index (χ3n) is 4.06. The van der Waals surface area contributed by atoms with E-state index in [9.17, 15) is 9.59 Å². The van der Waals surface area contributed by atoms with Gasteiger partial charge in [-0.25, -0.2) is 0 Å². The fourth-order valence-electron chi connectivity index (χ4n) is 2.75. The van der Waals surface area contributed by atoms with Crippen molar-refractivity contribution in [1.82, 2.24) is 0 Å². The molecule has 0 saturated carbocycles. The number of carbonyl (C=O) groups is 2. The van der Waals surface area contributed by atoms with E-state index >= 15 is 0 Å². The number of ether oxygens (including phenoxy) is 1. The van der Waals surface area contributed by atoms with Gasteiger partial charge in [-0.3, -0.25) is 9.59 Å². The Balaban J connectivity index is 1.58.